The third-order valence-corrected chi connectivity index (χ3v) is 4.61. The van der Waals surface area contributed by atoms with Gasteiger partial charge in [0.25, 0.3) is 0 Å². The number of hydrogen-bond acceptors (Lipinski definition) is 1. The highest BCUT2D eigenvalue weighted by atomic mass is 19.1. The molecule has 23 heavy (non-hydrogen) atoms. The molecule has 0 aliphatic heterocycles. The summed E-state index contributed by atoms with van der Waals surface area (Å²) in [6.45, 7) is 6.23. The molecule has 120 valence electrons. The topological polar surface area (TPSA) is 29.1 Å². The van der Waals surface area contributed by atoms with E-state index in [2.05, 4.69) is 25.2 Å². The maximum Gasteiger partial charge on any atom is 0.228 e. The molecule has 3 heteroatoms. The lowest BCUT2D eigenvalue weighted by atomic mass is 9.98. The first-order chi connectivity index (χ1) is 11.0. The molecule has 1 aliphatic carbocycles. The lowest BCUT2D eigenvalue weighted by molar-refractivity contribution is -0.117. The Hall–Kier alpha value is -2.16. The zero-order valence-corrected chi connectivity index (χ0v) is 13.8. The number of nitrogens with one attached hydrogen (secondary N) is 1. The van der Waals surface area contributed by atoms with E-state index >= 15 is 0 Å². The molecule has 2 aromatic carbocycles. The normalized spacial score (nSPS) is 19.7. The predicted molar refractivity (Wildman–Crippen MR) is 91.1 cm³/mol. The summed E-state index contributed by atoms with van der Waals surface area (Å²) in [7, 11) is 0. The van der Waals surface area contributed by atoms with E-state index in [1.54, 1.807) is 12.1 Å². The summed E-state index contributed by atoms with van der Waals surface area (Å²) in [5.74, 6) is -0.0120. The number of carbonyl (C=O) groups is 1. The van der Waals surface area contributed by atoms with Gasteiger partial charge in [-0.25, -0.2) is 4.39 Å². The number of rotatable bonds is 4. The smallest absolute Gasteiger partial charge is 0.228 e. The molecule has 0 saturated heterocycles. The first-order valence-electron chi connectivity index (χ1n) is 8.14. The number of para-hydroxylation sites is 1. The number of aryl methyl sites for hydroxylation is 1. The standard InChI is InChI=1S/C20H22FNO/c1-12(2)14-9-6-7-13(3)19(14)22-20(23)17-11-16(17)15-8-4-5-10-18(15)21/h4-10,12,16-17H,11H2,1-3H3,(H,22,23). The van der Waals surface area contributed by atoms with Gasteiger partial charge in [-0.15, -0.1) is 0 Å². The van der Waals surface area contributed by atoms with Crippen molar-refractivity contribution in [2.24, 2.45) is 5.92 Å². The fourth-order valence-corrected chi connectivity index (χ4v) is 3.16. The molecule has 2 atom stereocenters. The molecule has 1 fully saturated rings. The van der Waals surface area contributed by atoms with Gasteiger partial charge in [-0.2, -0.15) is 0 Å². The summed E-state index contributed by atoms with van der Waals surface area (Å²) in [6.07, 6.45) is 0.718. The average Bonchev–Trinajstić information content (AvgIpc) is 3.30. The van der Waals surface area contributed by atoms with E-state index in [9.17, 15) is 9.18 Å². The Bertz CT molecular complexity index is 738. The van der Waals surface area contributed by atoms with Crippen LogP contribution in [-0.2, 0) is 4.79 Å². The van der Waals surface area contributed by atoms with Crippen LogP contribution in [0, 0.1) is 18.7 Å². The maximum atomic E-state index is 13.8. The van der Waals surface area contributed by atoms with Crippen LogP contribution < -0.4 is 5.32 Å². The fraction of sp³-hybridized carbons (Fsp3) is 0.350. The van der Waals surface area contributed by atoms with Crippen LogP contribution in [0.4, 0.5) is 10.1 Å². The highest BCUT2D eigenvalue weighted by molar-refractivity contribution is 5.96. The van der Waals surface area contributed by atoms with Gasteiger partial charge in [0.05, 0.1) is 0 Å². The Balaban J connectivity index is 1.76. The minimum atomic E-state index is -0.216. The molecule has 2 nitrogen and oxygen atoms in total. The minimum absolute atomic E-state index is 0.00252. The molecule has 1 N–H and O–H groups in total. The number of anilines is 1. The Kier molecular flexibility index (Phi) is 4.20. The molecule has 1 saturated carbocycles. The van der Waals surface area contributed by atoms with E-state index in [0.29, 0.717) is 11.5 Å². The number of amides is 1. The summed E-state index contributed by atoms with van der Waals surface area (Å²) < 4.78 is 13.8. The molecule has 0 spiro atoms. The van der Waals surface area contributed by atoms with Gasteiger partial charge in [0.15, 0.2) is 0 Å². The molecule has 3 rings (SSSR count). The minimum Gasteiger partial charge on any atom is -0.325 e. The van der Waals surface area contributed by atoms with Gasteiger partial charge in [0.1, 0.15) is 5.82 Å². The van der Waals surface area contributed by atoms with Crippen LogP contribution >= 0.6 is 0 Å². The highest BCUT2D eigenvalue weighted by Gasteiger charge is 2.45. The van der Waals surface area contributed by atoms with Crippen LogP contribution in [0.2, 0.25) is 0 Å². The molecular formula is C20H22FNO. The quantitative estimate of drug-likeness (QED) is 0.846. The summed E-state index contributed by atoms with van der Waals surface area (Å²) in [5.41, 5.74) is 3.77. The lowest BCUT2D eigenvalue weighted by Gasteiger charge is -2.16. The van der Waals surface area contributed by atoms with Crippen molar-refractivity contribution >= 4 is 11.6 Å². The first-order valence-corrected chi connectivity index (χ1v) is 8.14. The Morgan fingerprint density at radius 3 is 2.61 bits per heavy atom. The van der Waals surface area contributed by atoms with Crippen molar-refractivity contribution in [1.82, 2.24) is 0 Å². The Morgan fingerprint density at radius 2 is 1.91 bits per heavy atom. The van der Waals surface area contributed by atoms with Crippen LogP contribution in [0.3, 0.4) is 0 Å². The number of halogens is 1. The van der Waals surface area contributed by atoms with Crippen LogP contribution in [-0.4, -0.2) is 5.91 Å². The molecule has 0 bridgehead atoms. The van der Waals surface area contributed by atoms with Crippen molar-refractivity contribution in [2.45, 2.75) is 39.0 Å². The summed E-state index contributed by atoms with van der Waals surface area (Å²) >= 11 is 0. The van der Waals surface area contributed by atoms with Gasteiger partial charge < -0.3 is 5.32 Å². The Labute approximate surface area is 136 Å². The third kappa shape index (κ3) is 3.14. The van der Waals surface area contributed by atoms with Crippen molar-refractivity contribution < 1.29 is 9.18 Å². The van der Waals surface area contributed by atoms with Crippen molar-refractivity contribution in [3.63, 3.8) is 0 Å². The summed E-state index contributed by atoms with van der Waals surface area (Å²) in [6, 6.07) is 12.8. The fourth-order valence-electron chi connectivity index (χ4n) is 3.16. The Morgan fingerprint density at radius 1 is 1.17 bits per heavy atom. The highest BCUT2D eigenvalue weighted by Crippen LogP contribution is 2.49. The van der Waals surface area contributed by atoms with Gasteiger partial charge in [0, 0.05) is 11.6 Å². The number of hydrogen-bond donors (Lipinski definition) is 1. The van der Waals surface area contributed by atoms with Gasteiger partial charge >= 0.3 is 0 Å². The lowest BCUT2D eigenvalue weighted by Crippen LogP contribution is -2.17. The molecule has 0 heterocycles. The molecule has 2 unspecified atom stereocenters. The molecule has 0 aromatic heterocycles. The van der Waals surface area contributed by atoms with Crippen molar-refractivity contribution in [2.75, 3.05) is 5.32 Å². The number of benzene rings is 2. The largest absolute Gasteiger partial charge is 0.325 e. The summed E-state index contributed by atoms with van der Waals surface area (Å²) in [5, 5.41) is 3.08. The van der Waals surface area contributed by atoms with E-state index < -0.39 is 0 Å². The van der Waals surface area contributed by atoms with E-state index in [0.717, 1.165) is 23.2 Å². The second-order valence-electron chi connectivity index (χ2n) is 6.65. The van der Waals surface area contributed by atoms with E-state index in [1.807, 2.05) is 25.1 Å². The van der Waals surface area contributed by atoms with E-state index in [4.69, 9.17) is 0 Å². The van der Waals surface area contributed by atoms with Crippen LogP contribution in [0.15, 0.2) is 42.5 Å². The molecular weight excluding hydrogens is 289 g/mol. The first kappa shape index (κ1) is 15.7. The molecule has 1 amide bonds. The molecule has 2 aromatic rings. The zero-order chi connectivity index (χ0) is 16.6. The van der Waals surface area contributed by atoms with Gasteiger partial charge in [-0.3, -0.25) is 4.79 Å². The van der Waals surface area contributed by atoms with Gasteiger partial charge in [-0.05, 0) is 47.9 Å². The second-order valence-corrected chi connectivity index (χ2v) is 6.65. The van der Waals surface area contributed by atoms with Crippen molar-refractivity contribution in [3.05, 3.63) is 65.0 Å². The average molecular weight is 311 g/mol. The summed E-state index contributed by atoms with van der Waals surface area (Å²) in [4.78, 5) is 12.6. The predicted octanol–water partition coefficient (Wildman–Crippen LogP) is 5.00. The monoisotopic (exact) mass is 311 g/mol. The van der Waals surface area contributed by atoms with Gasteiger partial charge in [0.2, 0.25) is 5.91 Å². The SMILES string of the molecule is Cc1cccc(C(C)C)c1NC(=O)C1CC1c1ccccc1F. The van der Waals surface area contributed by atoms with Crippen LogP contribution in [0.25, 0.3) is 0 Å². The maximum absolute atomic E-state index is 13.8. The van der Waals surface area contributed by atoms with Crippen LogP contribution in [0.1, 0.15) is 48.8 Å². The van der Waals surface area contributed by atoms with Crippen molar-refractivity contribution in [1.29, 1.82) is 0 Å². The van der Waals surface area contributed by atoms with E-state index in [1.165, 1.54) is 6.07 Å². The number of carbonyl (C=O) groups excluding carboxylic acids is 1. The van der Waals surface area contributed by atoms with Gasteiger partial charge in [-0.1, -0.05) is 50.2 Å². The third-order valence-electron chi connectivity index (χ3n) is 4.61. The zero-order valence-electron chi connectivity index (χ0n) is 13.8. The molecule has 0 radical (unpaired) electrons. The second kappa shape index (κ2) is 6.15. The molecule has 1 aliphatic rings. The van der Waals surface area contributed by atoms with Crippen LogP contribution in [0.5, 0.6) is 0 Å². The van der Waals surface area contributed by atoms with E-state index in [-0.39, 0.29) is 23.6 Å². The van der Waals surface area contributed by atoms with Crippen molar-refractivity contribution in [3.8, 4) is 0 Å².